The molecule has 0 aliphatic heterocycles. The Morgan fingerprint density at radius 3 is 2.63 bits per heavy atom. The molecule has 8 nitrogen and oxygen atoms in total. The molecule has 0 saturated heterocycles. The molecule has 5 rings (SSSR count). The number of pyridine rings is 3. The van der Waals surface area contributed by atoms with Crippen LogP contribution in [0.1, 0.15) is 46.6 Å². The second-order valence-corrected chi connectivity index (χ2v) is 9.12. The summed E-state index contributed by atoms with van der Waals surface area (Å²) in [5.74, 6) is 0.672. The molecule has 4 heterocycles. The first-order valence-corrected chi connectivity index (χ1v) is 12.8. The standard InChI is InChI=1S/C27H25ClN6O2.C2H6/c1-15-8-24(29)32-16(2)20(15)12-31-27(35)21-14-34(23-6-7-25(36-3)33-26(21)23)13-17-4-5-22-18(9-17)10-19(28)11-30-22;1-2/h4-11,14H,12-13H2,1-3H3,(H2,29,32)(H,31,35);1-2H3. The molecule has 5 aromatic rings. The summed E-state index contributed by atoms with van der Waals surface area (Å²) in [6.45, 7) is 8.71. The minimum atomic E-state index is -0.232. The van der Waals surface area contributed by atoms with Gasteiger partial charge in [-0.15, -0.1) is 0 Å². The normalized spacial score (nSPS) is 10.8. The molecule has 3 N–H and O–H groups in total. The minimum Gasteiger partial charge on any atom is -0.481 e. The molecule has 38 heavy (non-hydrogen) atoms. The number of carbonyl (C=O) groups excluding carboxylic acids is 1. The third-order valence-corrected chi connectivity index (χ3v) is 6.42. The van der Waals surface area contributed by atoms with Crippen LogP contribution in [0.15, 0.2) is 54.9 Å². The maximum absolute atomic E-state index is 13.3. The summed E-state index contributed by atoms with van der Waals surface area (Å²) >= 11 is 6.13. The Bertz CT molecular complexity index is 1610. The van der Waals surface area contributed by atoms with E-state index in [1.54, 1.807) is 25.4 Å². The highest BCUT2D eigenvalue weighted by Crippen LogP contribution is 2.25. The van der Waals surface area contributed by atoms with Crippen LogP contribution in [0.5, 0.6) is 5.88 Å². The Balaban J connectivity index is 0.00000164. The van der Waals surface area contributed by atoms with Gasteiger partial charge in [-0.3, -0.25) is 9.78 Å². The number of aromatic nitrogens is 4. The van der Waals surface area contributed by atoms with Crippen molar-refractivity contribution in [2.24, 2.45) is 0 Å². The van der Waals surface area contributed by atoms with E-state index in [1.807, 2.05) is 62.7 Å². The first-order chi connectivity index (χ1) is 18.3. The van der Waals surface area contributed by atoms with Crippen LogP contribution in [0.25, 0.3) is 21.9 Å². The summed E-state index contributed by atoms with van der Waals surface area (Å²) in [4.78, 5) is 26.6. The van der Waals surface area contributed by atoms with Crippen molar-refractivity contribution in [3.8, 4) is 5.88 Å². The van der Waals surface area contributed by atoms with Crippen molar-refractivity contribution < 1.29 is 9.53 Å². The largest absolute Gasteiger partial charge is 0.481 e. The van der Waals surface area contributed by atoms with Gasteiger partial charge in [0.25, 0.3) is 5.91 Å². The summed E-state index contributed by atoms with van der Waals surface area (Å²) in [7, 11) is 1.55. The second kappa shape index (κ2) is 11.5. The number of aryl methyl sites for hydroxylation is 2. The average molecular weight is 531 g/mol. The van der Waals surface area contributed by atoms with E-state index < -0.39 is 0 Å². The monoisotopic (exact) mass is 530 g/mol. The molecule has 0 saturated carbocycles. The molecule has 0 aliphatic rings. The molecule has 1 amide bonds. The van der Waals surface area contributed by atoms with Crippen molar-refractivity contribution in [1.82, 2.24) is 24.8 Å². The van der Waals surface area contributed by atoms with Crippen LogP contribution >= 0.6 is 11.6 Å². The highest BCUT2D eigenvalue weighted by molar-refractivity contribution is 6.31. The van der Waals surface area contributed by atoms with Crippen LogP contribution in [0.3, 0.4) is 0 Å². The number of carbonyl (C=O) groups is 1. The number of amides is 1. The smallest absolute Gasteiger partial charge is 0.255 e. The molecule has 0 atom stereocenters. The molecule has 1 aromatic carbocycles. The van der Waals surface area contributed by atoms with Gasteiger partial charge in [-0.1, -0.05) is 31.5 Å². The fourth-order valence-electron chi connectivity index (χ4n) is 4.43. The molecule has 0 spiro atoms. The maximum Gasteiger partial charge on any atom is 0.255 e. The number of benzene rings is 1. The molecule has 0 unspecified atom stereocenters. The molecule has 4 aromatic heterocycles. The zero-order chi connectivity index (χ0) is 27.4. The van der Waals surface area contributed by atoms with Crippen LogP contribution in [-0.2, 0) is 13.1 Å². The molecule has 9 heteroatoms. The van der Waals surface area contributed by atoms with Crippen molar-refractivity contribution in [3.05, 3.63) is 87.8 Å². The van der Waals surface area contributed by atoms with Gasteiger partial charge in [-0.05, 0) is 60.9 Å². The molecule has 0 fully saturated rings. The predicted octanol–water partition coefficient (Wildman–Crippen LogP) is 5.85. The minimum absolute atomic E-state index is 0.232. The SMILES string of the molecule is CC.COc1ccc2c(n1)c(C(=O)NCc1c(C)cc(N)nc1C)cn2Cc1ccc2ncc(Cl)cc2c1. The van der Waals surface area contributed by atoms with Gasteiger partial charge in [-0.2, -0.15) is 0 Å². The topological polar surface area (TPSA) is 108 Å². The summed E-state index contributed by atoms with van der Waals surface area (Å²) in [5.41, 5.74) is 12.3. The van der Waals surface area contributed by atoms with E-state index in [2.05, 4.69) is 26.3 Å². The lowest BCUT2D eigenvalue weighted by Crippen LogP contribution is -2.24. The summed E-state index contributed by atoms with van der Waals surface area (Å²) in [5, 5.41) is 4.56. The van der Waals surface area contributed by atoms with Gasteiger partial charge in [-0.25, -0.2) is 9.97 Å². The van der Waals surface area contributed by atoms with Crippen LogP contribution in [0, 0.1) is 13.8 Å². The van der Waals surface area contributed by atoms with Crippen molar-refractivity contribution in [3.63, 3.8) is 0 Å². The lowest BCUT2D eigenvalue weighted by molar-refractivity contribution is 0.0952. The number of rotatable bonds is 6. The van der Waals surface area contributed by atoms with Crippen LogP contribution in [0.4, 0.5) is 5.82 Å². The van der Waals surface area contributed by atoms with Gasteiger partial charge >= 0.3 is 0 Å². The maximum atomic E-state index is 13.3. The number of anilines is 1. The third-order valence-electron chi connectivity index (χ3n) is 6.22. The van der Waals surface area contributed by atoms with Gasteiger partial charge < -0.3 is 20.4 Å². The van der Waals surface area contributed by atoms with Gasteiger partial charge in [0.1, 0.15) is 11.3 Å². The fraction of sp³-hybridized carbons (Fsp3) is 0.241. The highest BCUT2D eigenvalue weighted by atomic mass is 35.5. The van der Waals surface area contributed by atoms with Crippen LogP contribution in [0.2, 0.25) is 5.02 Å². The molecular formula is C29H31ClN6O2. The Labute approximate surface area is 226 Å². The zero-order valence-corrected chi connectivity index (χ0v) is 22.9. The second-order valence-electron chi connectivity index (χ2n) is 8.68. The lowest BCUT2D eigenvalue weighted by atomic mass is 10.1. The zero-order valence-electron chi connectivity index (χ0n) is 22.2. The number of nitrogens with two attached hydrogens (primary N) is 1. The van der Waals surface area contributed by atoms with E-state index >= 15 is 0 Å². The van der Waals surface area contributed by atoms with Crippen molar-refractivity contribution in [2.45, 2.75) is 40.8 Å². The number of nitrogen functional groups attached to an aromatic ring is 1. The summed E-state index contributed by atoms with van der Waals surface area (Å²) in [6, 6.07) is 13.4. The molecule has 196 valence electrons. The highest BCUT2D eigenvalue weighted by Gasteiger charge is 2.18. The van der Waals surface area contributed by atoms with Gasteiger partial charge in [0.05, 0.1) is 28.7 Å². The predicted molar refractivity (Wildman–Crippen MR) is 153 cm³/mol. The van der Waals surface area contributed by atoms with E-state index in [4.69, 9.17) is 22.1 Å². The average Bonchev–Trinajstić information content (AvgIpc) is 3.26. The Hall–Kier alpha value is -4.17. The number of halogens is 1. The van der Waals surface area contributed by atoms with Crippen molar-refractivity contribution in [2.75, 3.05) is 12.8 Å². The third kappa shape index (κ3) is 5.55. The molecular weight excluding hydrogens is 500 g/mol. The number of hydrogen-bond donors (Lipinski definition) is 2. The number of methoxy groups -OCH3 is 1. The van der Waals surface area contributed by atoms with Crippen LogP contribution < -0.4 is 15.8 Å². The first-order valence-electron chi connectivity index (χ1n) is 12.4. The molecule has 0 aliphatic carbocycles. The van der Waals surface area contributed by atoms with Gasteiger partial charge in [0, 0.05) is 42.6 Å². The number of ether oxygens (including phenoxy) is 1. The van der Waals surface area contributed by atoms with E-state index in [0.717, 1.165) is 38.8 Å². The summed E-state index contributed by atoms with van der Waals surface area (Å²) in [6.07, 6.45) is 3.46. The van der Waals surface area contributed by atoms with Gasteiger partial charge in [0.15, 0.2) is 0 Å². The quantitative estimate of drug-likeness (QED) is 0.285. The van der Waals surface area contributed by atoms with E-state index in [1.165, 1.54) is 0 Å². The van der Waals surface area contributed by atoms with Crippen molar-refractivity contribution >= 4 is 45.3 Å². The lowest BCUT2D eigenvalue weighted by Gasteiger charge is -2.11. The van der Waals surface area contributed by atoms with E-state index in [9.17, 15) is 4.79 Å². The number of hydrogen-bond acceptors (Lipinski definition) is 6. The van der Waals surface area contributed by atoms with Gasteiger partial charge in [0.2, 0.25) is 5.88 Å². The number of fused-ring (bicyclic) bond motifs is 2. The number of nitrogens with zero attached hydrogens (tertiary/aromatic N) is 4. The van der Waals surface area contributed by atoms with E-state index in [-0.39, 0.29) is 5.91 Å². The van der Waals surface area contributed by atoms with Crippen molar-refractivity contribution in [1.29, 1.82) is 0 Å². The number of nitrogens with one attached hydrogen (secondary N) is 1. The first kappa shape index (κ1) is 26.9. The summed E-state index contributed by atoms with van der Waals surface area (Å²) < 4.78 is 7.34. The molecule has 0 radical (unpaired) electrons. The molecule has 0 bridgehead atoms. The fourth-order valence-corrected chi connectivity index (χ4v) is 4.60. The van der Waals surface area contributed by atoms with E-state index in [0.29, 0.717) is 40.9 Å². The Kier molecular flexibility index (Phi) is 8.12. The van der Waals surface area contributed by atoms with Crippen LogP contribution in [-0.4, -0.2) is 32.5 Å². The Morgan fingerprint density at radius 1 is 1.11 bits per heavy atom. The Morgan fingerprint density at radius 2 is 1.89 bits per heavy atom.